The predicted molar refractivity (Wildman–Crippen MR) is 107 cm³/mol. The maximum Gasteiger partial charge on any atom is 0.262 e. The summed E-state index contributed by atoms with van der Waals surface area (Å²) in [5.41, 5.74) is 1.09. The normalized spacial score (nSPS) is 22.5. The molecule has 1 unspecified atom stereocenters. The van der Waals surface area contributed by atoms with Crippen molar-refractivity contribution in [3.05, 3.63) is 33.6 Å². The minimum Gasteiger partial charge on any atom is -0.354 e. The fourth-order valence-electron chi connectivity index (χ4n) is 2.30. The summed E-state index contributed by atoms with van der Waals surface area (Å²) < 4.78 is 4.57. The Morgan fingerprint density at radius 1 is 1.48 bits per heavy atom. The Balaban J connectivity index is 1.60. The number of imide groups is 1. The summed E-state index contributed by atoms with van der Waals surface area (Å²) >= 11 is 6.51. The molecular formula is C15H14IN3O2S2. The molecule has 0 aliphatic carbocycles. The average Bonchev–Trinajstić information content (AvgIpc) is 2.84. The van der Waals surface area contributed by atoms with Crippen molar-refractivity contribution in [3.8, 4) is 0 Å². The zero-order chi connectivity index (χ0) is 16.4. The molecule has 3 rings (SSSR count). The van der Waals surface area contributed by atoms with E-state index in [1.165, 1.54) is 16.7 Å². The third-order valence-corrected chi connectivity index (χ3v) is 6.99. The highest BCUT2D eigenvalue weighted by atomic mass is 127. The lowest BCUT2D eigenvalue weighted by Gasteiger charge is -2.28. The molecule has 8 heteroatoms. The quantitative estimate of drug-likeness (QED) is 0.368. The second-order valence-electron chi connectivity index (χ2n) is 5.02. The first-order valence-corrected chi connectivity index (χ1v) is 10.8. The van der Waals surface area contributed by atoms with Crippen LogP contribution in [-0.4, -0.2) is 55.1 Å². The number of carbonyl (C=O) groups is 2. The van der Waals surface area contributed by atoms with Gasteiger partial charge in [0.05, 0.1) is 23.1 Å². The minimum atomic E-state index is -0.251. The SMILES string of the molecule is CN(C(=S)SCN1C(=O)C2=C(C=IC=C2)C1=O)C1C=CN=CC1. The smallest absolute Gasteiger partial charge is 0.262 e. The van der Waals surface area contributed by atoms with Crippen molar-refractivity contribution < 1.29 is 9.59 Å². The van der Waals surface area contributed by atoms with E-state index >= 15 is 0 Å². The molecule has 0 aromatic rings. The number of halogens is 1. The Morgan fingerprint density at radius 2 is 2.26 bits per heavy atom. The molecule has 0 bridgehead atoms. The first kappa shape index (κ1) is 16.7. The molecule has 120 valence electrons. The first-order valence-electron chi connectivity index (χ1n) is 6.89. The van der Waals surface area contributed by atoms with Gasteiger partial charge in [0.25, 0.3) is 11.8 Å². The van der Waals surface area contributed by atoms with Crippen LogP contribution in [0.25, 0.3) is 0 Å². The average molecular weight is 459 g/mol. The van der Waals surface area contributed by atoms with Crippen molar-refractivity contribution in [1.29, 1.82) is 0 Å². The molecule has 0 aromatic carbocycles. The van der Waals surface area contributed by atoms with Gasteiger partial charge in [-0.1, -0.05) is 44.7 Å². The van der Waals surface area contributed by atoms with Crippen LogP contribution in [0.4, 0.5) is 0 Å². The molecule has 0 saturated heterocycles. The summed E-state index contributed by atoms with van der Waals surface area (Å²) in [4.78, 5) is 32.0. The Labute approximate surface area is 153 Å². The Morgan fingerprint density at radius 3 is 2.96 bits per heavy atom. The fourth-order valence-corrected chi connectivity index (χ4v) is 5.14. The number of thioether (sulfide) groups is 1. The van der Waals surface area contributed by atoms with E-state index < -0.39 is 0 Å². The van der Waals surface area contributed by atoms with Crippen LogP contribution in [0.15, 0.2) is 38.6 Å². The van der Waals surface area contributed by atoms with Crippen LogP contribution in [0, 0.1) is 0 Å². The van der Waals surface area contributed by atoms with Gasteiger partial charge in [-0.2, -0.15) is 0 Å². The zero-order valence-electron chi connectivity index (χ0n) is 12.3. The monoisotopic (exact) mass is 459 g/mol. The van der Waals surface area contributed by atoms with Gasteiger partial charge in [0.1, 0.15) is 4.32 Å². The molecule has 0 fully saturated rings. The van der Waals surface area contributed by atoms with Gasteiger partial charge in [-0.3, -0.25) is 19.5 Å². The van der Waals surface area contributed by atoms with Gasteiger partial charge in [-0.05, 0) is 20.2 Å². The number of hydrogen-bond acceptors (Lipinski definition) is 5. The molecule has 3 heterocycles. The maximum absolute atomic E-state index is 12.3. The van der Waals surface area contributed by atoms with Crippen molar-refractivity contribution in [2.75, 3.05) is 12.9 Å². The third-order valence-electron chi connectivity index (χ3n) is 3.66. The molecule has 2 amide bonds. The maximum atomic E-state index is 12.3. The topological polar surface area (TPSA) is 53.0 Å². The van der Waals surface area contributed by atoms with E-state index in [9.17, 15) is 9.59 Å². The highest BCUT2D eigenvalue weighted by Crippen LogP contribution is 2.28. The molecule has 0 saturated carbocycles. The highest BCUT2D eigenvalue weighted by Gasteiger charge is 2.36. The Bertz CT molecular complexity index is 690. The van der Waals surface area contributed by atoms with Crippen LogP contribution in [0.5, 0.6) is 0 Å². The minimum absolute atomic E-state index is 0.171. The van der Waals surface area contributed by atoms with E-state index in [1.54, 1.807) is 12.3 Å². The summed E-state index contributed by atoms with van der Waals surface area (Å²) in [6.45, 7) is 0. The summed E-state index contributed by atoms with van der Waals surface area (Å²) in [6, 6.07) is 0.171. The molecular weight excluding hydrogens is 445 g/mol. The molecule has 1 atom stereocenters. The number of thiocarbonyl (C=S) groups is 1. The van der Waals surface area contributed by atoms with E-state index in [0.717, 1.165) is 6.42 Å². The molecule has 0 spiro atoms. The van der Waals surface area contributed by atoms with Crippen molar-refractivity contribution in [2.45, 2.75) is 12.5 Å². The van der Waals surface area contributed by atoms with Crippen molar-refractivity contribution >= 4 is 71.1 Å². The molecule has 23 heavy (non-hydrogen) atoms. The lowest BCUT2D eigenvalue weighted by Crippen LogP contribution is -2.37. The summed E-state index contributed by atoms with van der Waals surface area (Å²) in [6.07, 6.45) is 8.18. The highest BCUT2D eigenvalue weighted by molar-refractivity contribution is 14.2. The second kappa shape index (κ2) is 7.18. The van der Waals surface area contributed by atoms with Crippen LogP contribution in [0.2, 0.25) is 0 Å². The molecule has 0 N–H and O–H groups in total. The van der Waals surface area contributed by atoms with E-state index in [2.05, 4.69) is 4.99 Å². The Hall–Kier alpha value is -1.13. The van der Waals surface area contributed by atoms with Gasteiger partial charge in [0.2, 0.25) is 0 Å². The number of amides is 2. The standard InChI is InChI=1S/C15H14IN3O2S2/c1-18(10-3-6-17-7-4-10)15(22)23-9-19-13(20)11-2-5-16-8-12(11)14(19)21/h2-3,5-8,10H,4,9H2,1H3. The van der Waals surface area contributed by atoms with E-state index in [1.807, 2.05) is 32.3 Å². The lowest BCUT2D eigenvalue weighted by atomic mass is 10.2. The molecule has 3 aliphatic rings. The van der Waals surface area contributed by atoms with Crippen LogP contribution in [0.3, 0.4) is 0 Å². The number of rotatable bonds is 3. The number of aliphatic imine (C=N–C) groups is 1. The largest absolute Gasteiger partial charge is 0.354 e. The van der Waals surface area contributed by atoms with E-state index in [-0.39, 0.29) is 44.5 Å². The molecule has 0 aromatic heterocycles. The van der Waals surface area contributed by atoms with Gasteiger partial charge in [-0.25, -0.2) is 0 Å². The van der Waals surface area contributed by atoms with E-state index in [4.69, 9.17) is 12.2 Å². The van der Waals surface area contributed by atoms with Gasteiger partial charge in [0.15, 0.2) is 0 Å². The van der Waals surface area contributed by atoms with Gasteiger partial charge in [0, 0.05) is 25.9 Å². The summed E-state index contributed by atoms with van der Waals surface area (Å²) in [5.74, 6) is -0.168. The number of nitrogens with zero attached hydrogens (tertiary/aromatic N) is 3. The van der Waals surface area contributed by atoms with Crippen molar-refractivity contribution in [3.63, 3.8) is 0 Å². The fraction of sp³-hybridized carbons (Fsp3) is 0.267. The predicted octanol–water partition coefficient (Wildman–Crippen LogP) is 2.22. The van der Waals surface area contributed by atoms with Crippen LogP contribution < -0.4 is 0 Å². The summed E-state index contributed by atoms with van der Waals surface area (Å²) in [7, 11) is 1.92. The number of carbonyl (C=O) groups excluding carboxylic acids is 2. The first-order chi connectivity index (χ1) is 11.1. The van der Waals surface area contributed by atoms with Gasteiger partial charge < -0.3 is 4.90 Å². The number of likely N-dealkylation sites (N-methyl/N-ethyl adjacent to an activating group) is 1. The molecule has 0 radical (unpaired) electrons. The van der Waals surface area contributed by atoms with Gasteiger partial charge >= 0.3 is 0 Å². The van der Waals surface area contributed by atoms with E-state index in [0.29, 0.717) is 15.5 Å². The summed E-state index contributed by atoms with van der Waals surface area (Å²) in [5, 5.41) is 0. The molecule has 5 nitrogen and oxygen atoms in total. The zero-order valence-corrected chi connectivity index (χ0v) is 16.1. The molecule has 3 aliphatic heterocycles. The third kappa shape index (κ3) is 3.38. The van der Waals surface area contributed by atoms with Gasteiger partial charge in [-0.15, -0.1) is 0 Å². The van der Waals surface area contributed by atoms with Crippen LogP contribution >= 0.6 is 44.7 Å². The van der Waals surface area contributed by atoms with Crippen molar-refractivity contribution in [2.24, 2.45) is 4.99 Å². The van der Waals surface area contributed by atoms with Crippen LogP contribution in [0.1, 0.15) is 6.42 Å². The lowest BCUT2D eigenvalue weighted by molar-refractivity contribution is -0.136. The Kier molecular flexibility index (Phi) is 5.22. The van der Waals surface area contributed by atoms with Crippen LogP contribution in [-0.2, 0) is 9.59 Å². The van der Waals surface area contributed by atoms with Crippen molar-refractivity contribution in [1.82, 2.24) is 9.80 Å². The number of hydrogen-bond donors (Lipinski definition) is 0. The second-order valence-corrected chi connectivity index (χ2v) is 8.66.